The Kier molecular flexibility index (Phi) is 3.32. The third-order valence-corrected chi connectivity index (χ3v) is 1.15. The highest BCUT2D eigenvalue weighted by atomic mass is 16.5. The maximum Gasteiger partial charge on any atom is 0.249 e. The van der Waals surface area contributed by atoms with Gasteiger partial charge in [0.1, 0.15) is 5.60 Å². The summed E-state index contributed by atoms with van der Waals surface area (Å²) in [6.45, 7) is 3.16. The minimum atomic E-state index is -0.970. The van der Waals surface area contributed by atoms with E-state index in [2.05, 4.69) is 0 Å². The van der Waals surface area contributed by atoms with E-state index in [4.69, 9.17) is 15.6 Å². The van der Waals surface area contributed by atoms with Gasteiger partial charge in [-0.25, -0.2) is 0 Å². The molecule has 4 heteroatoms. The molecule has 0 saturated heterocycles. The van der Waals surface area contributed by atoms with Gasteiger partial charge in [0.25, 0.3) is 0 Å². The van der Waals surface area contributed by atoms with Crippen LogP contribution < -0.4 is 5.73 Å². The molecular weight excluding hydrogens is 134 g/mol. The fourth-order valence-corrected chi connectivity index (χ4v) is 0.372. The predicted molar refractivity (Wildman–Crippen MR) is 36.3 cm³/mol. The van der Waals surface area contributed by atoms with Crippen molar-refractivity contribution in [2.24, 2.45) is 5.73 Å². The Balaban J connectivity index is 3.75. The first-order chi connectivity index (χ1) is 4.50. The van der Waals surface area contributed by atoms with Gasteiger partial charge in [-0.05, 0) is 13.8 Å². The number of ether oxygens (including phenoxy) is 1. The van der Waals surface area contributed by atoms with Gasteiger partial charge in [0.15, 0.2) is 0 Å². The van der Waals surface area contributed by atoms with E-state index in [1.165, 1.54) is 0 Å². The van der Waals surface area contributed by atoms with Crippen LogP contribution in [0.4, 0.5) is 0 Å². The lowest BCUT2D eigenvalue weighted by Crippen LogP contribution is -2.41. The van der Waals surface area contributed by atoms with Crippen molar-refractivity contribution < 1.29 is 14.6 Å². The van der Waals surface area contributed by atoms with E-state index in [-0.39, 0.29) is 13.2 Å². The minimum Gasteiger partial charge on any atom is -0.394 e. The summed E-state index contributed by atoms with van der Waals surface area (Å²) in [4.78, 5) is 10.5. The van der Waals surface area contributed by atoms with Crippen molar-refractivity contribution in [3.8, 4) is 0 Å². The fraction of sp³-hybridized carbons (Fsp3) is 0.833. The van der Waals surface area contributed by atoms with Gasteiger partial charge in [-0.3, -0.25) is 4.79 Å². The highest BCUT2D eigenvalue weighted by molar-refractivity contribution is 5.82. The molecule has 4 nitrogen and oxygen atoms in total. The van der Waals surface area contributed by atoms with Crippen molar-refractivity contribution in [2.75, 3.05) is 13.2 Å². The largest absolute Gasteiger partial charge is 0.394 e. The summed E-state index contributed by atoms with van der Waals surface area (Å²) in [5, 5.41) is 8.33. The monoisotopic (exact) mass is 147 g/mol. The standard InChI is InChI=1S/C6H13NO3/c1-6(2,5(7)9)10-4-3-8/h8H,3-4H2,1-2H3,(H2,7,9). The van der Waals surface area contributed by atoms with Crippen molar-refractivity contribution in [3.05, 3.63) is 0 Å². The van der Waals surface area contributed by atoms with Crippen LogP contribution in [0.3, 0.4) is 0 Å². The second kappa shape index (κ2) is 3.53. The number of rotatable bonds is 4. The second-order valence-corrected chi connectivity index (χ2v) is 2.45. The number of carbonyl (C=O) groups is 1. The molecule has 0 aromatic rings. The first kappa shape index (κ1) is 9.39. The molecule has 60 valence electrons. The molecule has 0 heterocycles. The molecule has 0 rings (SSSR count). The number of primary amides is 1. The molecule has 0 aliphatic heterocycles. The van der Waals surface area contributed by atoms with Crippen molar-refractivity contribution >= 4 is 5.91 Å². The van der Waals surface area contributed by atoms with Gasteiger partial charge in [0.05, 0.1) is 13.2 Å². The van der Waals surface area contributed by atoms with E-state index in [1.54, 1.807) is 13.8 Å². The summed E-state index contributed by atoms with van der Waals surface area (Å²) in [6, 6.07) is 0. The molecular formula is C6H13NO3. The molecule has 0 spiro atoms. The number of amides is 1. The van der Waals surface area contributed by atoms with E-state index >= 15 is 0 Å². The lowest BCUT2D eigenvalue weighted by atomic mass is 10.1. The second-order valence-electron chi connectivity index (χ2n) is 2.45. The van der Waals surface area contributed by atoms with E-state index < -0.39 is 11.5 Å². The molecule has 0 unspecified atom stereocenters. The summed E-state index contributed by atoms with van der Waals surface area (Å²) in [6.07, 6.45) is 0. The van der Waals surface area contributed by atoms with Crippen molar-refractivity contribution in [3.63, 3.8) is 0 Å². The Hall–Kier alpha value is -0.610. The normalized spacial score (nSPS) is 11.5. The van der Waals surface area contributed by atoms with E-state index in [1.807, 2.05) is 0 Å². The van der Waals surface area contributed by atoms with Crippen molar-refractivity contribution in [2.45, 2.75) is 19.4 Å². The van der Waals surface area contributed by atoms with Gasteiger partial charge in [-0.1, -0.05) is 0 Å². The molecule has 0 atom stereocenters. The number of nitrogens with two attached hydrogens (primary N) is 1. The topological polar surface area (TPSA) is 72.6 Å². The van der Waals surface area contributed by atoms with Crippen molar-refractivity contribution in [1.29, 1.82) is 0 Å². The average Bonchev–Trinajstić information content (AvgIpc) is 1.84. The van der Waals surface area contributed by atoms with Crippen LogP contribution in [0.1, 0.15) is 13.8 Å². The molecule has 0 bridgehead atoms. The minimum absolute atomic E-state index is 0.100. The number of aliphatic hydroxyl groups excluding tert-OH is 1. The van der Waals surface area contributed by atoms with Gasteiger partial charge in [0, 0.05) is 0 Å². The molecule has 0 aliphatic carbocycles. The smallest absolute Gasteiger partial charge is 0.249 e. The summed E-state index contributed by atoms with van der Waals surface area (Å²) in [5.41, 5.74) is 4.00. The summed E-state index contributed by atoms with van der Waals surface area (Å²) in [5.74, 6) is -0.527. The Morgan fingerprint density at radius 3 is 2.50 bits per heavy atom. The zero-order valence-electron chi connectivity index (χ0n) is 6.26. The third-order valence-electron chi connectivity index (χ3n) is 1.15. The fourth-order valence-electron chi connectivity index (χ4n) is 0.372. The van der Waals surface area contributed by atoms with Gasteiger partial charge in [0.2, 0.25) is 5.91 Å². The number of hydrogen-bond acceptors (Lipinski definition) is 3. The Bertz CT molecular complexity index is 122. The van der Waals surface area contributed by atoms with Crippen LogP contribution in [-0.2, 0) is 9.53 Å². The summed E-state index contributed by atoms with van der Waals surface area (Å²) >= 11 is 0. The average molecular weight is 147 g/mol. The van der Waals surface area contributed by atoms with Gasteiger partial charge >= 0.3 is 0 Å². The van der Waals surface area contributed by atoms with Crippen LogP contribution in [0.15, 0.2) is 0 Å². The third kappa shape index (κ3) is 2.80. The molecule has 0 aliphatic rings. The molecule has 0 radical (unpaired) electrons. The lowest BCUT2D eigenvalue weighted by molar-refractivity contribution is -0.140. The molecule has 0 aromatic carbocycles. The van der Waals surface area contributed by atoms with Gasteiger partial charge in [-0.2, -0.15) is 0 Å². The molecule has 0 aromatic heterocycles. The van der Waals surface area contributed by atoms with Crippen LogP contribution in [0.2, 0.25) is 0 Å². The summed E-state index contributed by atoms with van der Waals surface area (Å²) < 4.78 is 4.92. The lowest BCUT2D eigenvalue weighted by Gasteiger charge is -2.20. The van der Waals surface area contributed by atoms with Crippen LogP contribution in [0.5, 0.6) is 0 Å². The van der Waals surface area contributed by atoms with Crippen LogP contribution >= 0.6 is 0 Å². The number of hydrogen-bond donors (Lipinski definition) is 2. The molecule has 1 amide bonds. The SMILES string of the molecule is CC(C)(OCCO)C(N)=O. The number of aliphatic hydroxyl groups is 1. The summed E-state index contributed by atoms with van der Waals surface area (Å²) in [7, 11) is 0. The van der Waals surface area contributed by atoms with Gasteiger partial charge < -0.3 is 15.6 Å². The zero-order chi connectivity index (χ0) is 8.20. The van der Waals surface area contributed by atoms with E-state index in [0.29, 0.717) is 0 Å². The van der Waals surface area contributed by atoms with E-state index in [0.717, 1.165) is 0 Å². The quantitative estimate of drug-likeness (QED) is 0.550. The molecule has 0 fully saturated rings. The Morgan fingerprint density at radius 1 is 1.70 bits per heavy atom. The zero-order valence-corrected chi connectivity index (χ0v) is 6.26. The van der Waals surface area contributed by atoms with Crippen molar-refractivity contribution in [1.82, 2.24) is 0 Å². The van der Waals surface area contributed by atoms with Crippen LogP contribution in [0.25, 0.3) is 0 Å². The van der Waals surface area contributed by atoms with Crippen LogP contribution in [-0.4, -0.2) is 29.8 Å². The maximum absolute atomic E-state index is 10.5. The Morgan fingerprint density at radius 2 is 2.20 bits per heavy atom. The highest BCUT2D eigenvalue weighted by Gasteiger charge is 2.24. The molecule has 0 saturated carbocycles. The van der Waals surface area contributed by atoms with E-state index in [9.17, 15) is 4.79 Å². The molecule has 3 N–H and O–H groups in total. The van der Waals surface area contributed by atoms with Gasteiger partial charge in [-0.15, -0.1) is 0 Å². The Labute approximate surface area is 60.0 Å². The maximum atomic E-state index is 10.5. The first-order valence-corrected chi connectivity index (χ1v) is 3.05. The van der Waals surface area contributed by atoms with Crippen LogP contribution in [0, 0.1) is 0 Å². The molecule has 10 heavy (non-hydrogen) atoms. The predicted octanol–water partition coefficient (Wildman–Crippen LogP) is -0.741. The first-order valence-electron chi connectivity index (χ1n) is 3.05. The highest BCUT2D eigenvalue weighted by Crippen LogP contribution is 2.06. The number of carbonyl (C=O) groups excluding carboxylic acids is 1.